The van der Waals surface area contributed by atoms with Crippen LogP contribution in [0.5, 0.6) is 0 Å². The number of carboxylic acid groups (broad SMARTS) is 2. The van der Waals surface area contributed by atoms with Gasteiger partial charge in [0.25, 0.3) is 0 Å². The van der Waals surface area contributed by atoms with E-state index in [1.807, 2.05) is 56.3 Å². The zero-order valence-corrected chi connectivity index (χ0v) is 21.0. The molecule has 1 heterocycles. The Hall–Kier alpha value is -3.23. The molecule has 2 aromatic carbocycles. The summed E-state index contributed by atoms with van der Waals surface area (Å²) in [6.45, 7) is 5.81. The number of benzene rings is 2. The van der Waals surface area contributed by atoms with Crippen LogP contribution in [0.25, 0.3) is 10.8 Å². The number of nitrogens with one attached hydrogen (secondary N) is 1. The second-order valence-corrected chi connectivity index (χ2v) is 8.70. The number of morpholine rings is 1. The van der Waals surface area contributed by atoms with E-state index in [0.717, 1.165) is 16.3 Å². The number of nitrogens with zero attached hydrogens (tertiary/aromatic N) is 1. The van der Waals surface area contributed by atoms with E-state index < -0.39 is 31.3 Å². The zero-order valence-electron chi connectivity index (χ0n) is 21.0. The predicted molar refractivity (Wildman–Crippen MR) is 137 cm³/mol. The summed E-state index contributed by atoms with van der Waals surface area (Å²) in [5.41, 5.74) is 6.12. The maximum Gasteiger partial charge on any atom is 0.631 e. The molecule has 1 aliphatic heterocycles. The summed E-state index contributed by atoms with van der Waals surface area (Å²) < 4.78 is 5.21. The molecule has 12 nitrogen and oxygen atoms in total. The molecule has 3 rings (SSSR count). The summed E-state index contributed by atoms with van der Waals surface area (Å²) in [4.78, 5) is 35.6. The van der Waals surface area contributed by atoms with Crippen LogP contribution >= 0.6 is 0 Å². The van der Waals surface area contributed by atoms with Crippen molar-refractivity contribution in [3.8, 4) is 0 Å². The van der Waals surface area contributed by atoms with E-state index in [0.29, 0.717) is 38.6 Å². The summed E-state index contributed by atoms with van der Waals surface area (Å²) in [5, 5.41) is 44.0. The van der Waals surface area contributed by atoms with E-state index in [9.17, 15) is 19.5 Å². The van der Waals surface area contributed by atoms with Gasteiger partial charge in [-0.1, -0.05) is 56.3 Å². The minimum Gasteiger partial charge on any atom is -0.480 e. The molecule has 204 valence electrons. The molecule has 0 aliphatic carbocycles. The first-order chi connectivity index (χ1) is 17.4. The standard InChI is InChI=1S/C18H20N2O4.C6H13NO2.BH3O3/c21-17(22)16(19-18(23)20-8-10-24-11-9-20)12-14-6-3-5-13-4-1-2-7-15(13)14;1-4(2)3-5(7)6(8)9;2-1(3)4/h1-7,16H,8-12H2,(H,19,23)(H,21,22);4-5H,3,7H2,1-2H3,(H,8,9);2-4H/t16-;5-;/m00./s1. The quantitative estimate of drug-likeness (QED) is 0.248. The maximum atomic E-state index is 12.3. The number of rotatable bonds is 7. The van der Waals surface area contributed by atoms with Gasteiger partial charge in [-0.25, -0.2) is 9.59 Å². The number of hydrogen-bond donors (Lipinski definition) is 7. The Balaban J connectivity index is 0.000000440. The molecule has 2 aromatic rings. The molecule has 1 fully saturated rings. The van der Waals surface area contributed by atoms with Gasteiger partial charge < -0.3 is 46.0 Å². The number of carbonyl (C=O) groups is 3. The highest BCUT2D eigenvalue weighted by atomic mass is 16.5. The fraction of sp³-hybridized carbons (Fsp3) is 0.458. The fourth-order valence-electron chi connectivity index (χ4n) is 3.51. The van der Waals surface area contributed by atoms with E-state index in [4.69, 9.17) is 30.6 Å². The van der Waals surface area contributed by atoms with Gasteiger partial charge in [0.2, 0.25) is 0 Å². The summed E-state index contributed by atoms with van der Waals surface area (Å²) in [6.07, 6.45) is 0.794. The topological polar surface area (TPSA) is 203 Å². The second kappa shape index (κ2) is 16.5. The van der Waals surface area contributed by atoms with Gasteiger partial charge in [-0.2, -0.15) is 0 Å². The van der Waals surface area contributed by atoms with Crippen LogP contribution in [0.15, 0.2) is 42.5 Å². The van der Waals surface area contributed by atoms with Crippen LogP contribution in [0, 0.1) is 5.92 Å². The average molecular weight is 521 g/mol. The predicted octanol–water partition coefficient (Wildman–Crippen LogP) is 0.270. The third kappa shape index (κ3) is 12.5. The van der Waals surface area contributed by atoms with Crippen molar-refractivity contribution >= 4 is 36.1 Å². The van der Waals surface area contributed by atoms with Gasteiger partial charge in [0.1, 0.15) is 12.1 Å². The molecular formula is C24H36BN3O9. The number of fused-ring (bicyclic) bond motifs is 1. The molecule has 1 aliphatic rings. The minimum absolute atomic E-state index is 0.243. The molecule has 0 bridgehead atoms. The highest BCUT2D eigenvalue weighted by Crippen LogP contribution is 2.20. The van der Waals surface area contributed by atoms with Gasteiger partial charge in [-0.05, 0) is 28.7 Å². The number of aliphatic carboxylic acids is 2. The van der Waals surface area contributed by atoms with E-state index in [1.165, 1.54) is 0 Å². The molecule has 0 saturated carbocycles. The first kappa shape index (κ1) is 31.8. The molecule has 1 saturated heterocycles. The summed E-state index contributed by atoms with van der Waals surface area (Å²) in [6, 6.07) is 11.6. The Bertz CT molecular complexity index is 992. The first-order valence-corrected chi connectivity index (χ1v) is 11.8. The molecule has 37 heavy (non-hydrogen) atoms. The number of amides is 2. The van der Waals surface area contributed by atoms with Gasteiger partial charge in [0.15, 0.2) is 0 Å². The minimum atomic E-state index is -2.17. The smallest absolute Gasteiger partial charge is 0.480 e. The van der Waals surface area contributed by atoms with Crippen LogP contribution < -0.4 is 11.1 Å². The van der Waals surface area contributed by atoms with E-state index in [1.54, 1.807) is 4.90 Å². The number of carbonyl (C=O) groups excluding carboxylic acids is 1. The Kier molecular flexibility index (Phi) is 14.2. The fourth-order valence-corrected chi connectivity index (χ4v) is 3.51. The van der Waals surface area contributed by atoms with Crippen LogP contribution in [0.2, 0.25) is 0 Å². The number of hydrogen-bond acceptors (Lipinski definition) is 8. The Morgan fingerprint density at radius 1 is 1.00 bits per heavy atom. The number of carboxylic acids is 2. The molecule has 0 radical (unpaired) electrons. The van der Waals surface area contributed by atoms with Crippen molar-refractivity contribution in [3.05, 3.63) is 48.0 Å². The lowest BCUT2D eigenvalue weighted by Crippen LogP contribution is -2.51. The normalized spacial score (nSPS) is 14.4. The highest BCUT2D eigenvalue weighted by Gasteiger charge is 2.25. The Labute approximate surface area is 215 Å². The molecule has 2 amide bonds. The summed E-state index contributed by atoms with van der Waals surface area (Å²) in [5.74, 6) is -1.59. The largest absolute Gasteiger partial charge is 0.631 e. The van der Waals surface area contributed by atoms with Crippen molar-refractivity contribution < 1.29 is 44.4 Å². The molecule has 2 atom stereocenters. The summed E-state index contributed by atoms with van der Waals surface area (Å²) in [7, 11) is -2.17. The van der Waals surface area contributed by atoms with Crippen molar-refractivity contribution in [1.29, 1.82) is 0 Å². The highest BCUT2D eigenvalue weighted by molar-refractivity contribution is 6.30. The van der Waals surface area contributed by atoms with E-state index in [-0.39, 0.29) is 12.5 Å². The van der Waals surface area contributed by atoms with E-state index >= 15 is 0 Å². The monoisotopic (exact) mass is 521 g/mol. The van der Waals surface area contributed by atoms with Gasteiger partial charge in [-0.15, -0.1) is 0 Å². The molecule has 0 spiro atoms. The number of urea groups is 1. The molecule has 0 aromatic heterocycles. The number of nitrogens with two attached hydrogens (primary N) is 1. The van der Waals surface area contributed by atoms with Crippen molar-refractivity contribution in [2.75, 3.05) is 26.3 Å². The maximum absolute atomic E-state index is 12.3. The van der Waals surface area contributed by atoms with Gasteiger partial charge >= 0.3 is 25.3 Å². The lowest BCUT2D eigenvalue weighted by atomic mass is 9.99. The van der Waals surface area contributed by atoms with Crippen molar-refractivity contribution in [3.63, 3.8) is 0 Å². The molecular weight excluding hydrogens is 485 g/mol. The first-order valence-electron chi connectivity index (χ1n) is 11.8. The van der Waals surface area contributed by atoms with Gasteiger partial charge in [0.05, 0.1) is 13.2 Å². The lowest BCUT2D eigenvalue weighted by molar-refractivity contribution is -0.140. The van der Waals surface area contributed by atoms with Crippen LogP contribution in [-0.2, 0) is 20.7 Å². The lowest BCUT2D eigenvalue weighted by Gasteiger charge is -2.28. The van der Waals surface area contributed by atoms with Gasteiger partial charge in [-0.3, -0.25) is 4.79 Å². The molecule has 8 N–H and O–H groups in total. The van der Waals surface area contributed by atoms with Crippen molar-refractivity contribution in [2.45, 2.75) is 38.8 Å². The molecule has 0 unspecified atom stereocenters. The van der Waals surface area contributed by atoms with Crippen LogP contribution in [0.4, 0.5) is 4.79 Å². The third-order valence-electron chi connectivity index (χ3n) is 5.24. The van der Waals surface area contributed by atoms with Crippen molar-refractivity contribution in [1.82, 2.24) is 10.2 Å². The third-order valence-corrected chi connectivity index (χ3v) is 5.24. The van der Waals surface area contributed by atoms with Crippen LogP contribution in [0.1, 0.15) is 25.8 Å². The van der Waals surface area contributed by atoms with E-state index in [2.05, 4.69) is 5.32 Å². The summed E-state index contributed by atoms with van der Waals surface area (Å²) >= 11 is 0. The Morgan fingerprint density at radius 2 is 1.57 bits per heavy atom. The van der Waals surface area contributed by atoms with Crippen LogP contribution in [0.3, 0.4) is 0 Å². The van der Waals surface area contributed by atoms with Crippen LogP contribution in [-0.4, -0.2) is 93.9 Å². The average Bonchev–Trinajstić information content (AvgIpc) is 2.84. The number of ether oxygens (including phenoxy) is 1. The van der Waals surface area contributed by atoms with Gasteiger partial charge in [0, 0.05) is 19.5 Å². The SMILES string of the molecule is CC(C)C[C@H](N)C(=O)O.O=C(O)[C@H](Cc1cccc2ccccc12)NC(=O)N1CCOCC1.OB(O)O. The Morgan fingerprint density at radius 3 is 2.08 bits per heavy atom. The molecule has 13 heteroatoms. The zero-order chi connectivity index (χ0) is 28.0. The van der Waals surface area contributed by atoms with Crippen molar-refractivity contribution in [2.24, 2.45) is 11.7 Å². The second-order valence-electron chi connectivity index (χ2n) is 8.70.